The predicted molar refractivity (Wildman–Crippen MR) is 55.1 cm³/mol. The fraction of sp³-hybridized carbons (Fsp3) is 0.364. The Labute approximate surface area is 88.4 Å². The number of carbonyl (C=O) groups excluding carboxylic acids is 1. The van der Waals surface area contributed by atoms with E-state index < -0.39 is 0 Å². The fourth-order valence-corrected chi connectivity index (χ4v) is 1.28. The molecule has 0 fully saturated rings. The van der Waals surface area contributed by atoms with Crippen molar-refractivity contribution in [3.05, 3.63) is 23.8 Å². The van der Waals surface area contributed by atoms with Crippen LogP contribution in [-0.2, 0) is 9.53 Å². The molecule has 0 aliphatic carbocycles. The summed E-state index contributed by atoms with van der Waals surface area (Å²) in [4.78, 5) is 11.3. The van der Waals surface area contributed by atoms with E-state index in [1.807, 2.05) is 0 Å². The van der Waals surface area contributed by atoms with E-state index in [1.165, 1.54) is 20.3 Å². The normalized spacial score (nSPS) is 11.9. The standard InChI is InChI=1S/C11H14O4/c1-7(11(13)15-3)8-4-5-9(12)10(6-8)14-2/h4-7,12H,1-3H3. The molecule has 0 heterocycles. The number of ether oxygens (including phenoxy) is 2. The Morgan fingerprint density at radius 1 is 1.40 bits per heavy atom. The van der Waals surface area contributed by atoms with E-state index in [2.05, 4.69) is 4.74 Å². The third kappa shape index (κ3) is 2.40. The largest absolute Gasteiger partial charge is 0.504 e. The maximum Gasteiger partial charge on any atom is 0.312 e. The number of hydrogen-bond acceptors (Lipinski definition) is 4. The molecule has 1 aromatic carbocycles. The number of methoxy groups -OCH3 is 2. The van der Waals surface area contributed by atoms with Crippen molar-refractivity contribution in [3.8, 4) is 11.5 Å². The first kappa shape index (κ1) is 11.4. The first-order valence-corrected chi connectivity index (χ1v) is 4.55. The molecule has 0 radical (unpaired) electrons. The van der Waals surface area contributed by atoms with Gasteiger partial charge in [-0.05, 0) is 24.6 Å². The molecule has 82 valence electrons. The maximum atomic E-state index is 11.3. The van der Waals surface area contributed by atoms with Crippen LogP contribution in [0.1, 0.15) is 18.4 Å². The lowest BCUT2D eigenvalue weighted by Gasteiger charge is -2.11. The summed E-state index contributed by atoms with van der Waals surface area (Å²) in [6, 6.07) is 4.78. The number of phenols is 1. The van der Waals surface area contributed by atoms with Crippen LogP contribution in [0.4, 0.5) is 0 Å². The smallest absolute Gasteiger partial charge is 0.312 e. The van der Waals surface area contributed by atoms with E-state index in [-0.39, 0.29) is 17.6 Å². The molecule has 4 heteroatoms. The number of rotatable bonds is 3. The molecule has 0 aliphatic heterocycles. The summed E-state index contributed by atoms with van der Waals surface area (Å²) in [6.07, 6.45) is 0. The van der Waals surface area contributed by atoms with Gasteiger partial charge in [0.2, 0.25) is 0 Å². The molecule has 1 rings (SSSR count). The molecule has 0 amide bonds. The second-order valence-corrected chi connectivity index (χ2v) is 3.18. The monoisotopic (exact) mass is 210 g/mol. The van der Waals surface area contributed by atoms with Crippen LogP contribution < -0.4 is 4.74 Å². The SMILES string of the molecule is COC(=O)C(C)c1ccc(O)c(OC)c1. The van der Waals surface area contributed by atoms with E-state index in [1.54, 1.807) is 19.1 Å². The Morgan fingerprint density at radius 2 is 2.07 bits per heavy atom. The molecular formula is C11H14O4. The van der Waals surface area contributed by atoms with Crippen LogP contribution in [0, 0.1) is 0 Å². The minimum Gasteiger partial charge on any atom is -0.504 e. The van der Waals surface area contributed by atoms with Gasteiger partial charge in [-0.15, -0.1) is 0 Å². The number of aromatic hydroxyl groups is 1. The lowest BCUT2D eigenvalue weighted by molar-refractivity contribution is -0.141. The predicted octanol–water partition coefficient (Wildman–Crippen LogP) is 1.68. The highest BCUT2D eigenvalue weighted by molar-refractivity contribution is 5.77. The summed E-state index contributed by atoms with van der Waals surface area (Å²) in [5, 5.41) is 9.37. The van der Waals surface area contributed by atoms with Crippen molar-refractivity contribution in [2.24, 2.45) is 0 Å². The molecular weight excluding hydrogens is 196 g/mol. The molecule has 0 bridgehead atoms. The van der Waals surface area contributed by atoms with Crippen LogP contribution in [0.15, 0.2) is 18.2 Å². The van der Waals surface area contributed by atoms with Crippen molar-refractivity contribution in [1.29, 1.82) is 0 Å². The van der Waals surface area contributed by atoms with Gasteiger partial charge in [0.25, 0.3) is 0 Å². The van der Waals surface area contributed by atoms with Gasteiger partial charge in [0.15, 0.2) is 11.5 Å². The van der Waals surface area contributed by atoms with Gasteiger partial charge < -0.3 is 14.6 Å². The summed E-state index contributed by atoms with van der Waals surface area (Å²) >= 11 is 0. The molecule has 0 aromatic heterocycles. The molecule has 1 atom stereocenters. The molecule has 0 spiro atoms. The van der Waals surface area contributed by atoms with Crippen molar-refractivity contribution in [1.82, 2.24) is 0 Å². The number of esters is 1. The Kier molecular flexibility index (Phi) is 3.55. The maximum absolute atomic E-state index is 11.3. The Bertz CT molecular complexity index is 360. The number of hydrogen-bond donors (Lipinski definition) is 1. The van der Waals surface area contributed by atoms with Gasteiger partial charge in [-0.25, -0.2) is 0 Å². The quantitative estimate of drug-likeness (QED) is 0.771. The van der Waals surface area contributed by atoms with Crippen LogP contribution in [0.5, 0.6) is 11.5 Å². The lowest BCUT2D eigenvalue weighted by Crippen LogP contribution is -2.10. The van der Waals surface area contributed by atoms with Gasteiger partial charge in [0.1, 0.15) is 0 Å². The van der Waals surface area contributed by atoms with Gasteiger partial charge in [0, 0.05) is 0 Å². The molecule has 15 heavy (non-hydrogen) atoms. The molecule has 4 nitrogen and oxygen atoms in total. The second kappa shape index (κ2) is 4.68. The van der Waals surface area contributed by atoms with E-state index >= 15 is 0 Å². The van der Waals surface area contributed by atoms with Crippen LogP contribution in [-0.4, -0.2) is 25.3 Å². The van der Waals surface area contributed by atoms with E-state index in [0.717, 1.165) is 5.56 Å². The topological polar surface area (TPSA) is 55.8 Å². The Hall–Kier alpha value is -1.71. The van der Waals surface area contributed by atoms with Crippen LogP contribution in [0.3, 0.4) is 0 Å². The van der Waals surface area contributed by atoms with Gasteiger partial charge in [-0.2, -0.15) is 0 Å². The fourth-order valence-electron chi connectivity index (χ4n) is 1.28. The van der Waals surface area contributed by atoms with Crippen LogP contribution in [0.25, 0.3) is 0 Å². The number of benzene rings is 1. The first-order valence-electron chi connectivity index (χ1n) is 4.55. The third-order valence-corrected chi connectivity index (χ3v) is 2.26. The summed E-state index contributed by atoms with van der Waals surface area (Å²) in [5.41, 5.74) is 0.747. The molecule has 1 N–H and O–H groups in total. The first-order chi connectivity index (χ1) is 7.10. The van der Waals surface area contributed by atoms with E-state index in [0.29, 0.717) is 5.75 Å². The van der Waals surface area contributed by atoms with Crippen LogP contribution >= 0.6 is 0 Å². The van der Waals surface area contributed by atoms with Crippen LogP contribution in [0.2, 0.25) is 0 Å². The molecule has 0 aliphatic rings. The van der Waals surface area contributed by atoms with Gasteiger partial charge in [0.05, 0.1) is 20.1 Å². The number of phenolic OH excluding ortho intramolecular Hbond substituents is 1. The number of carbonyl (C=O) groups is 1. The van der Waals surface area contributed by atoms with Crippen molar-refractivity contribution in [3.63, 3.8) is 0 Å². The van der Waals surface area contributed by atoms with E-state index in [9.17, 15) is 9.90 Å². The molecule has 0 saturated heterocycles. The molecule has 0 saturated carbocycles. The Morgan fingerprint density at radius 3 is 2.60 bits per heavy atom. The van der Waals surface area contributed by atoms with Gasteiger partial charge >= 0.3 is 5.97 Å². The molecule has 1 aromatic rings. The minimum absolute atomic E-state index is 0.0540. The molecule has 1 unspecified atom stereocenters. The average Bonchev–Trinajstić information content (AvgIpc) is 2.27. The van der Waals surface area contributed by atoms with Crippen molar-refractivity contribution < 1.29 is 19.4 Å². The highest BCUT2D eigenvalue weighted by Gasteiger charge is 2.16. The highest BCUT2D eigenvalue weighted by atomic mass is 16.5. The zero-order chi connectivity index (χ0) is 11.4. The van der Waals surface area contributed by atoms with Gasteiger partial charge in [-0.3, -0.25) is 4.79 Å². The summed E-state index contributed by atoms with van der Waals surface area (Å²) < 4.78 is 9.57. The zero-order valence-electron chi connectivity index (χ0n) is 8.98. The Balaban J connectivity index is 3.00. The third-order valence-electron chi connectivity index (χ3n) is 2.26. The van der Waals surface area contributed by atoms with Crippen molar-refractivity contribution in [2.75, 3.05) is 14.2 Å². The summed E-state index contributed by atoms with van der Waals surface area (Å²) in [5.74, 6) is -0.284. The van der Waals surface area contributed by atoms with Crippen molar-refractivity contribution in [2.45, 2.75) is 12.8 Å². The average molecular weight is 210 g/mol. The summed E-state index contributed by atoms with van der Waals surface area (Å²) in [7, 11) is 2.80. The second-order valence-electron chi connectivity index (χ2n) is 3.18. The van der Waals surface area contributed by atoms with Crippen molar-refractivity contribution >= 4 is 5.97 Å². The summed E-state index contributed by atoms with van der Waals surface area (Å²) in [6.45, 7) is 1.73. The lowest BCUT2D eigenvalue weighted by atomic mass is 10.0. The zero-order valence-corrected chi connectivity index (χ0v) is 8.98. The van der Waals surface area contributed by atoms with E-state index in [4.69, 9.17) is 4.74 Å². The minimum atomic E-state index is -0.371. The van der Waals surface area contributed by atoms with Gasteiger partial charge in [-0.1, -0.05) is 6.07 Å². The highest BCUT2D eigenvalue weighted by Crippen LogP contribution is 2.29.